The van der Waals surface area contributed by atoms with Crippen LogP contribution < -0.4 is 14.8 Å². The third-order valence-electron chi connectivity index (χ3n) is 5.01. The molecule has 1 aliphatic rings. The first-order valence-electron chi connectivity index (χ1n) is 9.30. The molecule has 0 spiro atoms. The molecule has 1 aromatic heterocycles. The lowest BCUT2D eigenvalue weighted by atomic mass is 9.87. The van der Waals surface area contributed by atoms with Gasteiger partial charge in [-0.15, -0.1) is 5.10 Å². The summed E-state index contributed by atoms with van der Waals surface area (Å²) in [7, 11) is 3.26. The van der Waals surface area contributed by atoms with E-state index in [1.807, 2.05) is 53.2 Å². The van der Waals surface area contributed by atoms with E-state index in [4.69, 9.17) is 14.6 Å². The molecule has 1 aliphatic carbocycles. The van der Waals surface area contributed by atoms with Crippen LogP contribution >= 0.6 is 0 Å². The van der Waals surface area contributed by atoms with Gasteiger partial charge in [0.15, 0.2) is 11.6 Å². The van der Waals surface area contributed by atoms with Gasteiger partial charge in [-0.1, -0.05) is 19.1 Å². The summed E-state index contributed by atoms with van der Waals surface area (Å²) < 4.78 is 12.5. The van der Waals surface area contributed by atoms with Crippen molar-refractivity contribution in [3.63, 3.8) is 0 Å². The molecule has 1 unspecified atom stereocenters. The Bertz CT molecular complexity index is 1010. The first kappa shape index (κ1) is 18.1. The Hall–Kier alpha value is -3.28. The van der Waals surface area contributed by atoms with Crippen LogP contribution in [0.5, 0.6) is 11.5 Å². The number of aromatic nitrogens is 2. The molecule has 1 atom stereocenters. The zero-order valence-corrected chi connectivity index (χ0v) is 16.2. The fourth-order valence-corrected chi connectivity index (χ4v) is 3.66. The van der Waals surface area contributed by atoms with Gasteiger partial charge < -0.3 is 14.8 Å². The minimum Gasteiger partial charge on any atom is -0.497 e. The lowest BCUT2D eigenvalue weighted by Crippen LogP contribution is -2.19. The predicted octanol–water partition coefficient (Wildman–Crippen LogP) is 4.40. The van der Waals surface area contributed by atoms with Crippen LogP contribution in [0.2, 0.25) is 0 Å². The fourth-order valence-electron chi connectivity index (χ4n) is 3.66. The molecule has 0 saturated carbocycles. The molecule has 0 radical (unpaired) electrons. The van der Waals surface area contributed by atoms with Crippen molar-refractivity contribution in [2.24, 2.45) is 5.92 Å². The number of hydrogen-bond donors (Lipinski definition) is 1. The Morgan fingerprint density at radius 2 is 1.79 bits per heavy atom. The molecule has 0 aliphatic heterocycles. The molecule has 0 fully saturated rings. The van der Waals surface area contributed by atoms with Crippen LogP contribution in [0, 0.1) is 5.92 Å². The number of benzene rings is 2. The molecule has 6 nitrogen and oxygen atoms in total. The first-order valence-corrected chi connectivity index (χ1v) is 9.30. The highest BCUT2D eigenvalue weighted by atomic mass is 16.5. The highest BCUT2D eigenvalue weighted by molar-refractivity contribution is 6.03. The van der Waals surface area contributed by atoms with E-state index in [0.29, 0.717) is 23.6 Å². The third-order valence-corrected chi connectivity index (χ3v) is 5.01. The van der Waals surface area contributed by atoms with Gasteiger partial charge in [0.1, 0.15) is 11.5 Å². The smallest absolute Gasteiger partial charge is 0.168 e. The quantitative estimate of drug-likeness (QED) is 0.714. The second-order valence-electron chi connectivity index (χ2n) is 7.04. The number of ether oxygens (including phenoxy) is 2. The maximum Gasteiger partial charge on any atom is 0.168 e. The summed E-state index contributed by atoms with van der Waals surface area (Å²) in [6.45, 7) is 2.10. The van der Waals surface area contributed by atoms with E-state index < -0.39 is 0 Å². The SMILES string of the molecule is COc1ccc(-n2nc(Nc3ccccc3OC)c3c2CC(C)CC3=O)cc1. The fraction of sp³-hybridized carbons (Fsp3) is 0.273. The highest BCUT2D eigenvalue weighted by Gasteiger charge is 2.31. The van der Waals surface area contributed by atoms with Crippen molar-refractivity contribution in [2.45, 2.75) is 19.8 Å². The van der Waals surface area contributed by atoms with Crippen molar-refractivity contribution >= 4 is 17.3 Å². The Balaban J connectivity index is 1.82. The molecule has 0 amide bonds. The molecule has 2 aromatic carbocycles. The van der Waals surface area contributed by atoms with E-state index in [0.717, 1.165) is 29.2 Å². The van der Waals surface area contributed by atoms with Crippen molar-refractivity contribution in [1.29, 1.82) is 0 Å². The zero-order valence-electron chi connectivity index (χ0n) is 16.2. The van der Waals surface area contributed by atoms with Gasteiger partial charge in [-0.3, -0.25) is 4.79 Å². The summed E-state index contributed by atoms with van der Waals surface area (Å²) in [5.74, 6) is 2.44. The normalized spacial score (nSPS) is 15.8. The Morgan fingerprint density at radius 1 is 1.04 bits per heavy atom. The summed E-state index contributed by atoms with van der Waals surface area (Å²) in [5, 5.41) is 8.07. The largest absolute Gasteiger partial charge is 0.497 e. The molecule has 0 bridgehead atoms. The summed E-state index contributed by atoms with van der Waals surface area (Å²) in [6, 6.07) is 15.3. The molecule has 144 valence electrons. The van der Waals surface area contributed by atoms with Crippen molar-refractivity contribution in [2.75, 3.05) is 19.5 Å². The number of anilines is 2. The molecular weight excluding hydrogens is 354 g/mol. The van der Waals surface area contributed by atoms with Crippen LogP contribution in [0.15, 0.2) is 48.5 Å². The third kappa shape index (κ3) is 3.22. The molecular formula is C22H23N3O3. The Kier molecular flexibility index (Phi) is 4.77. The van der Waals surface area contributed by atoms with Crippen molar-refractivity contribution in [3.8, 4) is 17.2 Å². The summed E-state index contributed by atoms with van der Waals surface area (Å²) >= 11 is 0. The Labute approximate surface area is 164 Å². The molecule has 6 heteroatoms. The van der Waals surface area contributed by atoms with Gasteiger partial charge in [0.2, 0.25) is 0 Å². The number of rotatable bonds is 5. The second kappa shape index (κ2) is 7.38. The number of nitrogens with zero attached hydrogens (tertiary/aromatic N) is 2. The predicted molar refractivity (Wildman–Crippen MR) is 108 cm³/mol. The van der Waals surface area contributed by atoms with E-state index in [-0.39, 0.29) is 11.7 Å². The molecule has 4 rings (SSSR count). The summed E-state index contributed by atoms with van der Waals surface area (Å²) in [6.07, 6.45) is 1.33. The minimum atomic E-state index is 0.117. The first-order chi connectivity index (χ1) is 13.6. The van der Waals surface area contributed by atoms with Gasteiger partial charge in [0.25, 0.3) is 0 Å². The van der Waals surface area contributed by atoms with Gasteiger partial charge in [-0.2, -0.15) is 0 Å². The maximum absolute atomic E-state index is 12.9. The van der Waals surface area contributed by atoms with E-state index in [1.54, 1.807) is 14.2 Å². The monoisotopic (exact) mass is 377 g/mol. The molecule has 1 N–H and O–H groups in total. The number of para-hydroxylation sites is 2. The average Bonchev–Trinajstić information content (AvgIpc) is 3.06. The topological polar surface area (TPSA) is 65.4 Å². The van der Waals surface area contributed by atoms with Gasteiger partial charge in [-0.25, -0.2) is 4.68 Å². The lowest BCUT2D eigenvalue weighted by Gasteiger charge is -2.19. The van der Waals surface area contributed by atoms with Crippen molar-refractivity contribution in [3.05, 3.63) is 59.8 Å². The van der Waals surface area contributed by atoms with Gasteiger partial charge in [-0.05, 0) is 48.7 Å². The molecule has 0 saturated heterocycles. The standard InChI is InChI=1S/C22H23N3O3/c1-14-12-18-21(19(26)13-14)22(23-17-6-4-5-7-20(17)28-3)24-25(18)15-8-10-16(27-2)11-9-15/h4-11,14H,12-13H2,1-3H3,(H,23,24). The summed E-state index contributed by atoms with van der Waals surface area (Å²) in [4.78, 5) is 12.9. The number of methoxy groups -OCH3 is 2. The highest BCUT2D eigenvalue weighted by Crippen LogP contribution is 2.35. The number of Topliss-reactive ketones (excluding diaryl/α,β-unsaturated/α-hetero) is 1. The molecule has 1 heterocycles. The van der Waals surface area contributed by atoms with Gasteiger partial charge >= 0.3 is 0 Å². The van der Waals surface area contributed by atoms with E-state index in [9.17, 15) is 4.79 Å². The number of ketones is 1. The number of nitrogens with one attached hydrogen (secondary N) is 1. The maximum atomic E-state index is 12.9. The summed E-state index contributed by atoms with van der Waals surface area (Å²) in [5.41, 5.74) is 3.27. The van der Waals surface area contributed by atoms with Crippen LogP contribution in [0.3, 0.4) is 0 Å². The number of hydrogen-bond acceptors (Lipinski definition) is 5. The lowest BCUT2D eigenvalue weighted by molar-refractivity contribution is 0.0953. The van der Waals surface area contributed by atoms with Gasteiger partial charge in [0, 0.05) is 6.42 Å². The number of carbonyl (C=O) groups excluding carboxylic acids is 1. The van der Waals surface area contributed by atoms with Crippen LogP contribution in [-0.4, -0.2) is 29.8 Å². The zero-order chi connectivity index (χ0) is 19.7. The second-order valence-corrected chi connectivity index (χ2v) is 7.04. The number of carbonyl (C=O) groups is 1. The van der Waals surface area contributed by atoms with Gasteiger partial charge in [0.05, 0.1) is 36.9 Å². The van der Waals surface area contributed by atoms with Crippen LogP contribution in [0.1, 0.15) is 29.4 Å². The molecule has 28 heavy (non-hydrogen) atoms. The average molecular weight is 377 g/mol. The van der Waals surface area contributed by atoms with Crippen molar-refractivity contribution < 1.29 is 14.3 Å². The van der Waals surface area contributed by atoms with Crippen LogP contribution in [-0.2, 0) is 6.42 Å². The minimum absolute atomic E-state index is 0.117. The van der Waals surface area contributed by atoms with E-state index in [1.165, 1.54) is 0 Å². The van der Waals surface area contributed by atoms with Crippen LogP contribution in [0.4, 0.5) is 11.5 Å². The molecule has 3 aromatic rings. The Morgan fingerprint density at radius 3 is 2.50 bits per heavy atom. The number of fused-ring (bicyclic) bond motifs is 1. The van der Waals surface area contributed by atoms with E-state index >= 15 is 0 Å². The van der Waals surface area contributed by atoms with E-state index in [2.05, 4.69) is 12.2 Å². The van der Waals surface area contributed by atoms with Crippen LogP contribution in [0.25, 0.3) is 5.69 Å². The van der Waals surface area contributed by atoms with Crippen molar-refractivity contribution in [1.82, 2.24) is 9.78 Å².